The Morgan fingerprint density at radius 1 is 1.28 bits per heavy atom. The van der Waals surface area contributed by atoms with Crippen LogP contribution < -0.4 is 20.7 Å². The quantitative estimate of drug-likeness (QED) is 0.134. The number of nitrogens with one attached hydrogen (secondary N) is 2. The molecule has 14 nitrogen and oxygen atoms in total. The van der Waals surface area contributed by atoms with E-state index in [1.54, 1.807) is 32.0 Å². The van der Waals surface area contributed by atoms with E-state index < -0.39 is 62.0 Å². The van der Waals surface area contributed by atoms with Gasteiger partial charge in [0.05, 0.1) is 19.0 Å². The van der Waals surface area contributed by atoms with Crippen LogP contribution >= 0.6 is 19.3 Å². The molecule has 1 aromatic carbocycles. The van der Waals surface area contributed by atoms with Crippen LogP contribution in [-0.2, 0) is 23.4 Å². The lowest BCUT2D eigenvalue weighted by Crippen LogP contribution is -2.53. The maximum Gasteiger partial charge on any atom is 0.459 e. The number of alkyl halides is 4. The Kier molecular flexibility index (Phi) is 9.44. The highest BCUT2D eigenvalue weighted by Gasteiger charge is 2.71. The molecular weight excluding hydrogens is 622 g/mol. The highest BCUT2D eigenvalue weighted by atomic mass is 35.5. The molecule has 1 unspecified atom stereocenters. The van der Waals surface area contributed by atoms with Gasteiger partial charge in [-0.25, -0.2) is 9.55 Å². The fourth-order valence-corrected chi connectivity index (χ4v) is 6.05. The number of aromatic nitrogens is 4. The number of halogens is 4. The lowest BCUT2D eigenvalue weighted by Gasteiger charge is -2.32. The van der Waals surface area contributed by atoms with Gasteiger partial charge in [0, 0.05) is 7.05 Å². The zero-order valence-corrected chi connectivity index (χ0v) is 24.9. The lowest BCUT2D eigenvalue weighted by atomic mass is 9.98. The molecule has 3 heterocycles. The zero-order chi connectivity index (χ0) is 31.7. The van der Waals surface area contributed by atoms with Crippen molar-refractivity contribution in [3.05, 3.63) is 36.7 Å². The predicted octanol–water partition coefficient (Wildman–Crippen LogP) is 3.38. The first-order valence-corrected chi connectivity index (χ1v) is 14.8. The van der Waals surface area contributed by atoms with E-state index in [9.17, 15) is 27.6 Å². The van der Waals surface area contributed by atoms with Crippen LogP contribution in [0, 0.1) is 0 Å². The average molecular weight is 652 g/mol. The van der Waals surface area contributed by atoms with Crippen LogP contribution in [0.25, 0.3) is 11.2 Å². The topological polar surface area (TPSA) is 185 Å². The van der Waals surface area contributed by atoms with Gasteiger partial charge in [-0.05, 0) is 32.9 Å². The summed E-state index contributed by atoms with van der Waals surface area (Å²) in [7, 11) is -3.02. The first kappa shape index (κ1) is 32.7. The maximum absolute atomic E-state index is 14.5. The van der Waals surface area contributed by atoms with Gasteiger partial charge >= 0.3 is 19.9 Å². The van der Waals surface area contributed by atoms with Gasteiger partial charge in [0.15, 0.2) is 23.2 Å². The molecule has 6 atom stereocenters. The number of imidazole rings is 1. The average Bonchev–Trinajstić information content (AvgIpc) is 3.45. The lowest BCUT2D eigenvalue weighted by molar-refractivity contribution is -0.195. The van der Waals surface area contributed by atoms with Crippen molar-refractivity contribution in [2.45, 2.75) is 62.4 Å². The van der Waals surface area contributed by atoms with E-state index in [0.29, 0.717) is 0 Å². The minimum Gasteiger partial charge on any atom is -0.462 e. The molecule has 0 bridgehead atoms. The van der Waals surface area contributed by atoms with Crippen molar-refractivity contribution in [2.24, 2.45) is 0 Å². The van der Waals surface area contributed by atoms with E-state index in [4.69, 9.17) is 35.9 Å². The first-order valence-electron chi connectivity index (χ1n) is 12.8. The van der Waals surface area contributed by atoms with Crippen LogP contribution in [0.15, 0.2) is 36.7 Å². The molecule has 0 amide bonds. The van der Waals surface area contributed by atoms with E-state index in [2.05, 4.69) is 25.4 Å². The highest BCUT2D eigenvalue weighted by molar-refractivity contribution is 7.52. The number of aliphatic hydroxyl groups is 1. The number of aliphatic hydroxyl groups excluding tert-OH is 1. The molecule has 1 saturated heterocycles. The molecule has 1 aliphatic rings. The Morgan fingerprint density at radius 3 is 2.56 bits per heavy atom. The number of nitrogens with zero attached hydrogens (tertiary/aromatic N) is 4. The molecule has 2 aromatic heterocycles. The van der Waals surface area contributed by atoms with Crippen LogP contribution in [0.4, 0.5) is 24.9 Å². The molecule has 4 rings (SSSR count). The Hall–Kier alpha value is -3.21. The van der Waals surface area contributed by atoms with Gasteiger partial charge in [0.2, 0.25) is 10.8 Å². The number of ether oxygens (including phenoxy) is 2. The number of carbonyl (C=O) groups is 1. The van der Waals surface area contributed by atoms with Crippen LogP contribution in [0.2, 0.25) is 0 Å². The summed E-state index contributed by atoms with van der Waals surface area (Å²) in [4.78, 5) is 20.9. The maximum atomic E-state index is 14.5. The second kappa shape index (κ2) is 12.4. The molecule has 5 N–H and O–H groups in total. The molecule has 0 radical (unpaired) electrons. The van der Waals surface area contributed by atoms with Crippen molar-refractivity contribution >= 4 is 48.2 Å². The summed E-state index contributed by atoms with van der Waals surface area (Å²) in [5, 5.41) is 16.0. The van der Waals surface area contributed by atoms with E-state index in [1.807, 2.05) is 0 Å². The third kappa shape index (κ3) is 6.66. The molecule has 1 fully saturated rings. The largest absolute Gasteiger partial charge is 0.462 e. The van der Waals surface area contributed by atoms with Crippen LogP contribution in [0.1, 0.15) is 27.0 Å². The van der Waals surface area contributed by atoms with Crippen LogP contribution in [0.3, 0.4) is 0 Å². The standard InChI is InChI=1S/C24H30ClF3N7O7P/c1-12(2)40-20(37)13(3)34-43(38,42-14-8-6-5-7-9-14)39-10-15-17(36)23(25,24(26,27)28)21(41-15)35-11-31-16-18(30-4)32-22(29)33-19(16)35/h5-9,11-13,15,17,21,36H,10H2,1-4H3,(H,34,38)(H3,29,30,32,33)/t13?,15-,17-,21-,23-,43-/m1/s1. The summed E-state index contributed by atoms with van der Waals surface area (Å²) in [5.41, 5.74) is 5.62. The number of benzene rings is 1. The Morgan fingerprint density at radius 2 is 1.95 bits per heavy atom. The van der Waals surface area contributed by atoms with Crippen molar-refractivity contribution in [1.82, 2.24) is 24.6 Å². The number of nitrogens with two attached hydrogens (primary N) is 1. The monoisotopic (exact) mass is 651 g/mol. The SMILES string of the molecule is CNc1nc(N)nc2c1ncn2[C@@H]1O[C@H](CO[P@](=O)(NC(C)C(=O)OC(C)C)Oc2ccccc2)[C@@H](O)[C@]1(Cl)C(F)(F)F. The number of hydrogen-bond acceptors (Lipinski definition) is 12. The number of carbonyl (C=O) groups excluding carboxylic acids is 1. The van der Waals surface area contributed by atoms with Gasteiger partial charge in [-0.1, -0.05) is 18.2 Å². The predicted molar refractivity (Wildman–Crippen MR) is 148 cm³/mol. The molecular formula is C24H30ClF3N7O7P. The second-order valence-corrected chi connectivity index (χ2v) is 12.1. The summed E-state index contributed by atoms with van der Waals surface area (Å²) in [6.45, 7) is 3.63. The number of rotatable bonds is 11. The fraction of sp³-hybridized carbons (Fsp3) is 0.500. The fourth-order valence-electron chi connectivity index (χ4n) is 4.25. The van der Waals surface area contributed by atoms with Crippen LogP contribution in [-0.4, -0.2) is 79.7 Å². The number of anilines is 2. The highest BCUT2D eigenvalue weighted by Crippen LogP contribution is 2.55. The molecule has 0 aliphatic carbocycles. The van der Waals surface area contributed by atoms with E-state index in [1.165, 1.54) is 26.1 Å². The zero-order valence-electron chi connectivity index (χ0n) is 23.3. The van der Waals surface area contributed by atoms with E-state index in [0.717, 1.165) is 10.9 Å². The Bertz CT molecular complexity index is 1500. The third-order valence-electron chi connectivity index (χ3n) is 6.24. The second-order valence-electron chi connectivity index (χ2n) is 9.78. The number of esters is 1. The molecule has 43 heavy (non-hydrogen) atoms. The van der Waals surface area contributed by atoms with Gasteiger partial charge in [-0.15, -0.1) is 11.6 Å². The van der Waals surface area contributed by atoms with Gasteiger partial charge in [0.25, 0.3) is 0 Å². The Labute approximate surface area is 248 Å². The normalized spacial score (nSPS) is 24.6. The van der Waals surface area contributed by atoms with Crippen molar-refractivity contribution in [2.75, 3.05) is 24.7 Å². The van der Waals surface area contributed by atoms with Crippen molar-refractivity contribution in [1.29, 1.82) is 0 Å². The van der Waals surface area contributed by atoms with Gasteiger partial charge in [-0.3, -0.25) is 13.9 Å². The number of para-hydroxylation sites is 1. The van der Waals surface area contributed by atoms with Gasteiger partial charge < -0.3 is 30.2 Å². The summed E-state index contributed by atoms with van der Waals surface area (Å²) in [6, 6.07) is 6.45. The van der Waals surface area contributed by atoms with Gasteiger partial charge in [-0.2, -0.15) is 28.2 Å². The molecule has 1 aliphatic heterocycles. The minimum atomic E-state index is -5.24. The van der Waals surface area contributed by atoms with Crippen molar-refractivity contribution in [3.8, 4) is 5.75 Å². The number of hydrogen-bond donors (Lipinski definition) is 4. The molecule has 0 spiro atoms. The van der Waals surface area contributed by atoms with Crippen molar-refractivity contribution in [3.63, 3.8) is 0 Å². The van der Waals surface area contributed by atoms with Crippen LogP contribution in [0.5, 0.6) is 5.75 Å². The summed E-state index contributed by atoms with van der Waals surface area (Å²) >= 11 is 6.15. The molecule has 19 heteroatoms. The van der Waals surface area contributed by atoms with Gasteiger partial charge in [0.1, 0.15) is 24.0 Å². The van der Waals surface area contributed by atoms with E-state index in [-0.39, 0.29) is 28.7 Å². The first-order chi connectivity index (χ1) is 20.1. The molecule has 0 saturated carbocycles. The summed E-state index contributed by atoms with van der Waals surface area (Å²) in [6.07, 6.45) is -11.1. The number of nitrogen functional groups attached to an aromatic ring is 1. The number of fused-ring (bicyclic) bond motifs is 1. The summed E-state index contributed by atoms with van der Waals surface area (Å²) < 4.78 is 79.8. The van der Waals surface area contributed by atoms with E-state index >= 15 is 0 Å². The Balaban J connectivity index is 1.65. The smallest absolute Gasteiger partial charge is 0.459 e. The molecule has 3 aromatic rings. The van der Waals surface area contributed by atoms with Crippen molar-refractivity contribution < 1.29 is 46.2 Å². The minimum absolute atomic E-state index is 0.0537. The molecule has 236 valence electrons. The summed E-state index contributed by atoms with van der Waals surface area (Å²) in [5.74, 6) is -0.891. The third-order valence-corrected chi connectivity index (χ3v) is 8.51.